The first-order valence-corrected chi connectivity index (χ1v) is 29.7. The smallest absolute Gasteiger partial charge is 0.407 e. The molecular formula is C68H89N4O14+. The summed E-state index contributed by atoms with van der Waals surface area (Å²) in [5, 5.41) is 17.0. The van der Waals surface area contributed by atoms with Crippen LogP contribution in [0.4, 0.5) is 21.0 Å². The summed E-state index contributed by atoms with van der Waals surface area (Å²) in [6.45, 7) is 30.1. The number of alkyl carbamates (subject to hydrolysis) is 2. The van der Waals surface area contributed by atoms with Crippen LogP contribution in [0.3, 0.4) is 0 Å². The fourth-order valence-electron chi connectivity index (χ4n) is 11.4. The van der Waals surface area contributed by atoms with Gasteiger partial charge >= 0.3 is 36.1 Å². The molecule has 0 heterocycles. The normalized spacial score (nSPS) is 15.6. The molecule has 0 radical (unpaired) electrons. The Labute approximate surface area is 507 Å². The minimum Gasteiger partial charge on any atom is -0.507 e. The average Bonchev–Trinajstić information content (AvgIpc) is 0.890. The summed E-state index contributed by atoms with van der Waals surface area (Å²) < 4.78 is 33.7. The SMILES string of the molecule is C=CC(=O)OCC(C)(COC(=O)C=C)NC(=O)OCCCCCCN(c1c(C)cc(C)cc1C)C1CCC(C2=C(O)C(=C3C=CC(=[N+](CCCCCCOC(=O)NC(C)(COC(=O)C=C)COC(=O)C=C)c4c(C)cc(C)cc4C)C=C3)C2=O)CC1. The maximum absolute atomic E-state index is 14.1. The number of aliphatic hydroxyl groups excluding tert-OH is 1. The largest absolute Gasteiger partial charge is 0.507 e. The molecule has 0 bridgehead atoms. The molecule has 18 heteroatoms. The van der Waals surface area contributed by atoms with E-state index in [1.807, 2.05) is 24.3 Å². The molecule has 3 aliphatic rings. The number of anilines is 1. The molecular weight excluding hydrogens is 1100 g/mol. The zero-order valence-electron chi connectivity index (χ0n) is 51.7. The summed E-state index contributed by atoms with van der Waals surface area (Å²) in [5.74, 6) is -2.83. The van der Waals surface area contributed by atoms with E-state index < -0.39 is 47.1 Å². The Balaban J connectivity index is 1.17. The van der Waals surface area contributed by atoms with Gasteiger partial charge in [0.05, 0.1) is 18.8 Å². The Morgan fingerprint density at radius 3 is 1.41 bits per heavy atom. The Morgan fingerprint density at radius 2 is 0.988 bits per heavy atom. The van der Waals surface area contributed by atoms with Crippen molar-refractivity contribution < 1.29 is 71.7 Å². The van der Waals surface area contributed by atoms with Crippen molar-refractivity contribution in [3.05, 3.63) is 155 Å². The molecule has 0 saturated heterocycles. The van der Waals surface area contributed by atoms with Crippen LogP contribution in [0, 0.1) is 47.5 Å². The lowest BCUT2D eigenvalue weighted by molar-refractivity contribution is -0.440. The number of nitrogens with zero attached hydrogens (tertiary/aromatic N) is 2. The second kappa shape index (κ2) is 32.8. The average molecular weight is 1190 g/mol. The van der Waals surface area contributed by atoms with Gasteiger partial charge in [-0.15, -0.1) is 0 Å². The highest BCUT2D eigenvalue weighted by atomic mass is 16.6. The molecule has 0 aromatic heterocycles. The van der Waals surface area contributed by atoms with Gasteiger partial charge < -0.3 is 49.1 Å². The number of benzene rings is 2. The van der Waals surface area contributed by atoms with Gasteiger partial charge in [0.15, 0.2) is 5.78 Å². The lowest BCUT2D eigenvalue weighted by atomic mass is 9.71. The van der Waals surface area contributed by atoms with E-state index in [1.165, 1.54) is 27.9 Å². The number of rotatable bonds is 32. The first-order chi connectivity index (χ1) is 40.9. The highest BCUT2D eigenvalue weighted by Gasteiger charge is 2.42. The topological polar surface area (TPSA) is 225 Å². The van der Waals surface area contributed by atoms with Gasteiger partial charge in [-0.1, -0.05) is 56.0 Å². The second-order valence-electron chi connectivity index (χ2n) is 23.1. The Hall–Kier alpha value is -8.28. The van der Waals surface area contributed by atoms with Crippen molar-refractivity contribution in [3.63, 3.8) is 0 Å². The number of hydrogen-bond donors (Lipinski definition) is 3. The first-order valence-electron chi connectivity index (χ1n) is 29.7. The summed E-state index contributed by atoms with van der Waals surface area (Å²) in [7, 11) is 0. The van der Waals surface area contributed by atoms with E-state index >= 15 is 0 Å². The summed E-state index contributed by atoms with van der Waals surface area (Å²) in [4.78, 5) is 89.1. The molecule has 464 valence electrons. The number of ketones is 1. The van der Waals surface area contributed by atoms with Crippen LogP contribution in [-0.2, 0) is 52.4 Å². The summed E-state index contributed by atoms with van der Waals surface area (Å²) >= 11 is 0. The first kappa shape index (κ1) is 68.5. The minimum atomic E-state index is -1.26. The van der Waals surface area contributed by atoms with Gasteiger partial charge in [0.2, 0.25) is 11.4 Å². The Morgan fingerprint density at radius 1 is 0.581 bits per heavy atom. The van der Waals surface area contributed by atoms with E-state index in [0.29, 0.717) is 36.1 Å². The van der Waals surface area contributed by atoms with Crippen molar-refractivity contribution >= 4 is 58.9 Å². The molecule has 3 aliphatic carbocycles. The van der Waals surface area contributed by atoms with Crippen molar-refractivity contribution in [1.29, 1.82) is 0 Å². The number of aliphatic hydroxyl groups is 1. The van der Waals surface area contributed by atoms with E-state index in [9.17, 15) is 38.7 Å². The number of ether oxygens (including phenoxy) is 6. The number of carbonyl (C=O) groups is 7. The molecule has 86 heavy (non-hydrogen) atoms. The van der Waals surface area contributed by atoms with Crippen LogP contribution in [0.5, 0.6) is 0 Å². The molecule has 1 saturated carbocycles. The molecule has 2 aromatic carbocycles. The van der Waals surface area contributed by atoms with Gasteiger partial charge in [0.1, 0.15) is 49.8 Å². The second-order valence-corrected chi connectivity index (χ2v) is 23.1. The van der Waals surface area contributed by atoms with Crippen molar-refractivity contribution in [3.8, 4) is 0 Å². The quantitative estimate of drug-likeness (QED) is 0.0204. The summed E-state index contributed by atoms with van der Waals surface area (Å²) in [5.41, 5.74) is 9.41. The van der Waals surface area contributed by atoms with Crippen LogP contribution in [0.25, 0.3) is 0 Å². The van der Waals surface area contributed by atoms with Crippen LogP contribution in [0.15, 0.2) is 122 Å². The Bertz CT molecular complexity index is 2930. The molecule has 2 aromatic rings. The number of amides is 2. The van der Waals surface area contributed by atoms with E-state index in [1.54, 1.807) is 13.8 Å². The molecule has 0 atom stereocenters. The molecule has 18 nitrogen and oxygen atoms in total. The number of unbranched alkanes of at least 4 members (excludes halogenated alkanes) is 6. The lowest BCUT2D eigenvalue weighted by Crippen LogP contribution is -2.53. The van der Waals surface area contributed by atoms with E-state index in [0.717, 1.165) is 118 Å². The number of hydrogen-bond acceptors (Lipinski definition) is 15. The summed E-state index contributed by atoms with van der Waals surface area (Å²) in [6, 6.07) is 9.03. The molecule has 2 amide bonds. The van der Waals surface area contributed by atoms with Crippen LogP contribution in [0.2, 0.25) is 0 Å². The van der Waals surface area contributed by atoms with Crippen molar-refractivity contribution in [2.75, 3.05) is 57.6 Å². The fraction of sp³-hybridized carbons (Fsp3) is 0.471. The third-order valence-electron chi connectivity index (χ3n) is 15.4. The molecule has 1 fully saturated rings. The van der Waals surface area contributed by atoms with Gasteiger partial charge in [-0.05, 0) is 167 Å². The van der Waals surface area contributed by atoms with Crippen molar-refractivity contribution in [2.45, 2.75) is 150 Å². The number of aryl methyl sites for hydroxylation is 6. The third-order valence-corrected chi connectivity index (χ3v) is 15.4. The zero-order chi connectivity index (χ0) is 63.1. The van der Waals surface area contributed by atoms with E-state index in [4.69, 9.17) is 28.4 Å². The van der Waals surface area contributed by atoms with Gasteiger partial charge in [0.25, 0.3) is 0 Å². The number of allylic oxidation sites excluding steroid dienone is 7. The van der Waals surface area contributed by atoms with Gasteiger partial charge in [-0.2, -0.15) is 4.58 Å². The fourth-order valence-corrected chi connectivity index (χ4v) is 11.4. The standard InChI is InChI=1S/C68H88N4O14/c1-13-55(73)83-41-67(11,42-84-56(74)14-2)69-65(79)81-35-23-19-17-21-33-71(61-47(7)37-45(5)38-48(61)8)53-29-25-51(26-30-53)59-63(77)60(64(59)78)52-27-31-54(32-28-52)72(62-49(9)39-46(6)40-50(62)10)34-22-18-20-24-36-82-66(80)70-68(12,43-85-57(75)15-3)44-86-58(76)16-4/h13-16,25-26,29-30,37-40,52,54H,1-4,17-24,27-28,31-36,41-44H2,5-12H3,(H2-,69,70,77,78,79,80)/p+1. The predicted molar refractivity (Wildman–Crippen MR) is 331 cm³/mol. The predicted octanol–water partition coefficient (Wildman–Crippen LogP) is 11.5. The Kier molecular flexibility index (Phi) is 26.2. The lowest BCUT2D eigenvalue weighted by Gasteiger charge is -2.41. The molecule has 5 rings (SSSR count). The number of Topliss-reactive ketones (excluding diaryl/α,β-unsaturated/α-hetero) is 1. The summed E-state index contributed by atoms with van der Waals surface area (Å²) in [6.07, 6.45) is 20.0. The highest BCUT2D eigenvalue weighted by Crippen LogP contribution is 2.44. The number of esters is 4. The van der Waals surface area contributed by atoms with Crippen molar-refractivity contribution in [2.24, 2.45) is 5.92 Å². The van der Waals surface area contributed by atoms with Gasteiger partial charge in [-0.3, -0.25) is 4.79 Å². The molecule has 0 unspecified atom stereocenters. The van der Waals surface area contributed by atoms with E-state index in [-0.39, 0.29) is 63.1 Å². The number of carbonyl (C=O) groups excluding carboxylic acids is 7. The highest BCUT2D eigenvalue weighted by molar-refractivity contribution is 6.21. The van der Waals surface area contributed by atoms with Crippen molar-refractivity contribution in [1.82, 2.24) is 10.6 Å². The van der Waals surface area contributed by atoms with Gasteiger partial charge in [-0.25, -0.2) is 28.8 Å². The zero-order valence-corrected chi connectivity index (χ0v) is 51.7. The van der Waals surface area contributed by atoms with Crippen LogP contribution in [0.1, 0.15) is 124 Å². The molecule has 3 N–H and O–H groups in total. The monoisotopic (exact) mass is 1190 g/mol. The maximum atomic E-state index is 14.1. The van der Waals surface area contributed by atoms with E-state index in [2.05, 4.69) is 112 Å². The van der Waals surface area contributed by atoms with Crippen LogP contribution in [-0.4, -0.2) is 127 Å². The third kappa shape index (κ3) is 19.9. The van der Waals surface area contributed by atoms with Crippen LogP contribution >= 0.6 is 0 Å². The van der Waals surface area contributed by atoms with Gasteiger partial charge in [0, 0.05) is 77.9 Å². The maximum Gasteiger partial charge on any atom is 0.407 e. The molecule has 0 spiro atoms. The minimum absolute atomic E-state index is 0.0492. The van der Waals surface area contributed by atoms with Crippen LogP contribution < -0.4 is 15.5 Å². The molecule has 0 aliphatic heterocycles. The number of nitrogens with one attached hydrogen (secondary N) is 2.